The molecule has 1 aromatic heterocycles. The van der Waals surface area contributed by atoms with Crippen molar-refractivity contribution in [1.82, 2.24) is 4.98 Å². The van der Waals surface area contributed by atoms with Gasteiger partial charge in [0.05, 0.1) is 6.61 Å². The van der Waals surface area contributed by atoms with Crippen molar-refractivity contribution in [2.75, 3.05) is 11.9 Å². The fourth-order valence-electron chi connectivity index (χ4n) is 2.56. The van der Waals surface area contributed by atoms with Gasteiger partial charge in [-0.05, 0) is 31.9 Å². The van der Waals surface area contributed by atoms with Gasteiger partial charge < -0.3 is 4.74 Å². The highest BCUT2D eigenvalue weighted by Crippen LogP contribution is 2.43. The summed E-state index contributed by atoms with van der Waals surface area (Å²) in [7, 11) is 0. The van der Waals surface area contributed by atoms with Crippen molar-refractivity contribution in [3.05, 3.63) is 36.0 Å². The predicted octanol–water partition coefficient (Wildman–Crippen LogP) is 4.49. The maximum Gasteiger partial charge on any atom is 0.145 e. The van der Waals surface area contributed by atoms with Gasteiger partial charge in [-0.1, -0.05) is 40.5 Å². The quantitative estimate of drug-likeness (QED) is 0.775. The molecule has 3 rings (SSSR count). The van der Waals surface area contributed by atoms with Crippen LogP contribution in [0.2, 0.25) is 0 Å². The monoisotopic (exact) mass is 319 g/mol. The van der Waals surface area contributed by atoms with E-state index in [0.29, 0.717) is 5.41 Å². The van der Waals surface area contributed by atoms with Crippen LogP contribution in [0.1, 0.15) is 25.0 Å². The Kier molecular flexibility index (Phi) is 3.48. The van der Waals surface area contributed by atoms with Crippen LogP contribution in [0.15, 0.2) is 30.3 Å². The van der Waals surface area contributed by atoms with E-state index in [-0.39, 0.29) is 0 Å². The smallest absolute Gasteiger partial charge is 0.145 e. The molecule has 19 heavy (non-hydrogen) atoms. The fraction of sp³-hybridized carbons (Fsp3) is 0.438. The van der Waals surface area contributed by atoms with Crippen LogP contribution in [0.4, 0.5) is 0 Å². The number of nitrogens with zero attached hydrogens (tertiary/aromatic N) is 1. The van der Waals surface area contributed by atoms with Crippen LogP contribution in [0.25, 0.3) is 10.9 Å². The topological polar surface area (TPSA) is 22.1 Å². The van der Waals surface area contributed by atoms with Crippen LogP contribution >= 0.6 is 15.9 Å². The molecule has 100 valence electrons. The zero-order valence-electron chi connectivity index (χ0n) is 11.2. The number of para-hydroxylation sites is 1. The first kappa shape index (κ1) is 12.9. The number of rotatable bonds is 4. The Morgan fingerprint density at radius 2 is 2.11 bits per heavy atom. The molecule has 1 fully saturated rings. The molecule has 1 aliphatic rings. The van der Waals surface area contributed by atoms with E-state index in [4.69, 9.17) is 4.74 Å². The van der Waals surface area contributed by atoms with Gasteiger partial charge in [0.1, 0.15) is 11.3 Å². The second kappa shape index (κ2) is 5.12. The third-order valence-corrected chi connectivity index (χ3v) is 5.24. The van der Waals surface area contributed by atoms with Gasteiger partial charge in [-0.3, -0.25) is 0 Å². The van der Waals surface area contributed by atoms with E-state index in [2.05, 4.69) is 33.0 Å². The van der Waals surface area contributed by atoms with Gasteiger partial charge in [0.25, 0.3) is 0 Å². The van der Waals surface area contributed by atoms with Crippen LogP contribution in [0, 0.1) is 12.3 Å². The van der Waals surface area contributed by atoms with Crippen molar-refractivity contribution in [2.24, 2.45) is 5.41 Å². The molecule has 0 radical (unpaired) electrons. The second-order valence-electron chi connectivity index (χ2n) is 5.56. The van der Waals surface area contributed by atoms with E-state index in [1.807, 2.05) is 25.1 Å². The number of hydrogen-bond donors (Lipinski definition) is 0. The third kappa shape index (κ3) is 2.48. The summed E-state index contributed by atoms with van der Waals surface area (Å²) < 4.78 is 6.08. The highest BCUT2D eigenvalue weighted by molar-refractivity contribution is 9.09. The summed E-state index contributed by atoms with van der Waals surface area (Å²) in [6.45, 7) is 2.80. The van der Waals surface area contributed by atoms with Gasteiger partial charge in [-0.2, -0.15) is 0 Å². The SMILES string of the molecule is Cc1ccc2cccc(OCC3(CBr)CCC3)c2n1. The number of pyridine rings is 1. The summed E-state index contributed by atoms with van der Waals surface area (Å²) in [5, 5.41) is 2.17. The predicted molar refractivity (Wildman–Crippen MR) is 82.1 cm³/mol. The number of aromatic nitrogens is 1. The van der Waals surface area contributed by atoms with Crippen molar-refractivity contribution in [3.8, 4) is 5.75 Å². The molecule has 1 heterocycles. The molecule has 1 saturated carbocycles. The van der Waals surface area contributed by atoms with Gasteiger partial charge in [-0.25, -0.2) is 4.98 Å². The Labute approximate surface area is 122 Å². The van der Waals surface area contributed by atoms with E-state index in [9.17, 15) is 0 Å². The number of ether oxygens (including phenoxy) is 1. The Morgan fingerprint density at radius 1 is 1.26 bits per heavy atom. The minimum Gasteiger partial charge on any atom is -0.491 e. The Hall–Kier alpha value is -1.09. The van der Waals surface area contributed by atoms with E-state index < -0.39 is 0 Å². The third-order valence-electron chi connectivity index (χ3n) is 4.05. The average molecular weight is 320 g/mol. The summed E-state index contributed by atoms with van der Waals surface area (Å²) in [5.41, 5.74) is 2.35. The molecule has 0 unspecified atom stereocenters. The molecular weight excluding hydrogens is 302 g/mol. The molecule has 1 aromatic carbocycles. The van der Waals surface area contributed by atoms with Crippen molar-refractivity contribution in [2.45, 2.75) is 26.2 Å². The summed E-state index contributed by atoms with van der Waals surface area (Å²) in [5.74, 6) is 0.911. The lowest BCUT2D eigenvalue weighted by Crippen LogP contribution is -2.37. The number of hydrogen-bond acceptors (Lipinski definition) is 2. The Morgan fingerprint density at radius 3 is 2.79 bits per heavy atom. The summed E-state index contributed by atoms with van der Waals surface area (Å²) in [6, 6.07) is 10.3. The van der Waals surface area contributed by atoms with E-state index >= 15 is 0 Å². The number of alkyl halides is 1. The molecule has 0 atom stereocenters. The minimum absolute atomic E-state index is 0.339. The Bertz CT molecular complexity index is 587. The first-order valence-electron chi connectivity index (χ1n) is 6.78. The van der Waals surface area contributed by atoms with Crippen molar-refractivity contribution >= 4 is 26.8 Å². The van der Waals surface area contributed by atoms with Crippen molar-refractivity contribution in [1.29, 1.82) is 0 Å². The molecule has 0 N–H and O–H groups in total. The summed E-state index contributed by atoms with van der Waals surface area (Å²) in [4.78, 5) is 4.61. The first-order valence-corrected chi connectivity index (χ1v) is 7.90. The lowest BCUT2D eigenvalue weighted by Gasteiger charge is -2.40. The Balaban J connectivity index is 1.86. The van der Waals surface area contributed by atoms with Crippen LogP contribution in [-0.2, 0) is 0 Å². The van der Waals surface area contributed by atoms with E-state index in [1.165, 1.54) is 19.3 Å². The molecule has 0 spiro atoms. The van der Waals surface area contributed by atoms with Crippen LogP contribution in [0.3, 0.4) is 0 Å². The highest BCUT2D eigenvalue weighted by Gasteiger charge is 2.36. The zero-order valence-corrected chi connectivity index (χ0v) is 12.7. The zero-order chi connectivity index (χ0) is 13.3. The lowest BCUT2D eigenvalue weighted by atomic mass is 9.71. The number of fused-ring (bicyclic) bond motifs is 1. The average Bonchev–Trinajstić information content (AvgIpc) is 2.38. The molecular formula is C16H18BrNO. The minimum atomic E-state index is 0.339. The number of benzene rings is 1. The van der Waals surface area contributed by atoms with Crippen LogP contribution < -0.4 is 4.74 Å². The van der Waals surface area contributed by atoms with Crippen LogP contribution in [0.5, 0.6) is 5.75 Å². The standard InChI is InChI=1S/C16H18BrNO/c1-12-6-7-13-4-2-5-14(15(13)18-12)19-11-16(10-17)8-3-9-16/h2,4-7H,3,8-11H2,1H3. The van der Waals surface area contributed by atoms with Crippen molar-refractivity contribution < 1.29 is 4.74 Å². The molecule has 0 saturated heterocycles. The van der Waals surface area contributed by atoms with E-state index in [0.717, 1.165) is 34.3 Å². The molecule has 0 bridgehead atoms. The molecule has 2 aromatic rings. The highest BCUT2D eigenvalue weighted by atomic mass is 79.9. The van der Waals surface area contributed by atoms with Crippen molar-refractivity contribution in [3.63, 3.8) is 0 Å². The second-order valence-corrected chi connectivity index (χ2v) is 6.12. The number of halogens is 1. The molecule has 2 nitrogen and oxygen atoms in total. The maximum atomic E-state index is 6.08. The molecule has 1 aliphatic carbocycles. The maximum absolute atomic E-state index is 6.08. The largest absolute Gasteiger partial charge is 0.491 e. The van der Waals surface area contributed by atoms with Gasteiger partial charge in [0, 0.05) is 21.8 Å². The molecule has 3 heteroatoms. The first-order chi connectivity index (χ1) is 9.22. The van der Waals surface area contributed by atoms with Gasteiger partial charge in [0.2, 0.25) is 0 Å². The number of aryl methyl sites for hydroxylation is 1. The fourth-order valence-corrected chi connectivity index (χ4v) is 3.28. The van der Waals surface area contributed by atoms with Gasteiger partial charge >= 0.3 is 0 Å². The van der Waals surface area contributed by atoms with Crippen LogP contribution in [-0.4, -0.2) is 16.9 Å². The lowest BCUT2D eigenvalue weighted by molar-refractivity contribution is 0.0846. The summed E-state index contributed by atoms with van der Waals surface area (Å²) >= 11 is 3.62. The molecule has 0 amide bonds. The molecule has 0 aliphatic heterocycles. The van der Waals surface area contributed by atoms with Gasteiger partial charge in [0.15, 0.2) is 0 Å². The summed E-state index contributed by atoms with van der Waals surface area (Å²) in [6.07, 6.45) is 3.84. The van der Waals surface area contributed by atoms with E-state index in [1.54, 1.807) is 0 Å². The normalized spacial score (nSPS) is 17.2. The van der Waals surface area contributed by atoms with Gasteiger partial charge in [-0.15, -0.1) is 0 Å².